The molecule has 1 rings (SSSR count). The minimum atomic E-state index is -4.28. The highest BCUT2D eigenvalue weighted by Gasteiger charge is 2.38. The second-order valence-electron chi connectivity index (χ2n) is 4.92. The number of rotatable bonds is 2. The second kappa shape index (κ2) is 4.11. The molecule has 0 saturated heterocycles. The van der Waals surface area contributed by atoms with Crippen LogP contribution in [0.15, 0.2) is 24.3 Å². The Morgan fingerprint density at radius 1 is 0.938 bits per heavy atom. The van der Waals surface area contributed by atoms with Crippen LogP contribution in [-0.4, -0.2) is 0 Å². The van der Waals surface area contributed by atoms with E-state index in [1.165, 1.54) is 6.07 Å². The number of alkyl halides is 3. The molecule has 0 N–H and O–H groups in total. The van der Waals surface area contributed by atoms with E-state index >= 15 is 0 Å². The van der Waals surface area contributed by atoms with E-state index in [0.29, 0.717) is 5.56 Å². The van der Waals surface area contributed by atoms with E-state index in [9.17, 15) is 13.2 Å². The molecule has 16 heavy (non-hydrogen) atoms. The molecule has 0 fully saturated rings. The molecular formula is C13H17F3. The SMILES string of the molecule is CC(C)C(C)(C)c1ccccc1C(F)(F)F. The first-order valence-corrected chi connectivity index (χ1v) is 5.34. The van der Waals surface area contributed by atoms with Gasteiger partial charge < -0.3 is 0 Å². The third-order valence-electron chi connectivity index (χ3n) is 3.37. The van der Waals surface area contributed by atoms with Crippen LogP contribution in [0.25, 0.3) is 0 Å². The maximum absolute atomic E-state index is 12.8. The van der Waals surface area contributed by atoms with Crippen LogP contribution < -0.4 is 0 Å². The number of hydrogen-bond acceptors (Lipinski definition) is 0. The van der Waals surface area contributed by atoms with Gasteiger partial charge >= 0.3 is 6.18 Å². The van der Waals surface area contributed by atoms with Gasteiger partial charge in [0.05, 0.1) is 5.56 Å². The summed E-state index contributed by atoms with van der Waals surface area (Å²) in [6, 6.07) is 5.82. The maximum atomic E-state index is 12.8. The Morgan fingerprint density at radius 2 is 1.38 bits per heavy atom. The third kappa shape index (κ3) is 2.39. The number of halogens is 3. The van der Waals surface area contributed by atoms with Crippen LogP contribution in [0.4, 0.5) is 13.2 Å². The summed E-state index contributed by atoms with van der Waals surface area (Å²) in [5.41, 5.74) is -0.627. The van der Waals surface area contributed by atoms with Gasteiger partial charge in [-0.3, -0.25) is 0 Å². The van der Waals surface area contributed by atoms with Gasteiger partial charge in [0.15, 0.2) is 0 Å². The van der Waals surface area contributed by atoms with Gasteiger partial charge in [-0.05, 0) is 23.0 Å². The molecule has 3 heteroatoms. The summed E-state index contributed by atoms with van der Waals surface area (Å²) >= 11 is 0. The Morgan fingerprint density at radius 3 is 1.75 bits per heavy atom. The second-order valence-corrected chi connectivity index (χ2v) is 4.92. The summed E-state index contributed by atoms with van der Waals surface area (Å²) in [5.74, 6) is 0.149. The molecule has 0 aliphatic rings. The Balaban J connectivity index is 3.35. The highest BCUT2D eigenvalue weighted by Crippen LogP contribution is 2.40. The van der Waals surface area contributed by atoms with Gasteiger partial charge in [0.25, 0.3) is 0 Å². The molecule has 1 aromatic carbocycles. The molecule has 0 nitrogen and oxygen atoms in total. The molecule has 0 saturated carbocycles. The lowest BCUT2D eigenvalue weighted by Crippen LogP contribution is -2.28. The van der Waals surface area contributed by atoms with Gasteiger partial charge in [0.2, 0.25) is 0 Å². The van der Waals surface area contributed by atoms with Gasteiger partial charge in [-0.15, -0.1) is 0 Å². The van der Waals surface area contributed by atoms with E-state index in [1.54, 1.807) is 12.1 Å². The van der Waals surface area contributed by atoms with E-state index in [0.717, 1.165) is 6.07 Å². The first kappa shape index (κ1) is 13.1. The molecule has 0 heterocycles. The Bertz CT molecular complexity index is 362. The van der Waals surface area contributed by atoms with Crippen LogP contribution in [0.1, 0.15) is 38.8 Å². The fourth-order valence-corrected chi connectivity index (χ4v) is 1.60. The van der Waals surface area contributed by atoms with Crippen LogP contribution in [0.2, 0.25) is 0 Å². The molecule has 1 aromatic rings. The van der Waals surface area contributed by atoms with E-state index in [2.05, 4.69) is 0 Å². The van der Waals surface area contributed by atoms with Crippen molar-refractivity contribution in [3.8, 4) is 0 Å². The van der Waals surface area contributed by atoms with Crippen molar-refractivity contribution >= 4 is 0 Å². The van der Waals surface area contributed by atoms with E-state index in [4.69, 9.17) is 0 Å². The van der Waals surface area contributed by atoms with Crippen LogP contribution in [0.5, 0.6) is 0 Å². The van der Waals surface area contributed by atoms with Crippen molar-refractivity contribution in [1.82, 2.24) is 0 Å². The highest BCUT2D eigenvalue weighted by molar-refractivity contribution is 5.35. The quantitative estimate of drug-likeness (QED) is 0.694. The Kier molecular flexibility index (Phi) is 3.36. The van der Waals surface area contributed by atoms with E-state index in [1.807, 2.05) is 27.7 Å². The van der Waals surface area contributed by atoms with Crippen LogP contribution in [-0.2, 0) is 11.6 Å². The van der Waals surface area contributed by atoms with Gasteiger partial charge in [-0.1, -0.05) is 45.9 Å². The molecule has 0 spiro atoms. The lowest BCUT2D eigenvalue weighted by atomic mass is 9.73. The standard InChI is InChI=1S/C13H17F3/c1-9(2)12(3,4)10-7-5-6-8-11(10)13(14,15)16/h5-9H,1-4H3. The van der Waals surface area contributed by atoms with Crippen LogP contribution >= 0.6 is 0 Å². The summed E-state index contributed by atoms with van der Waals surface area (Å²) in [7, 11) is 0. The average Bonchev–Trinajstić information content (AvgIpc) is 2.16. The molecule has 0 aliphatic heterocycles. The molecule has 0 amide bonds. The van der Waals surface area contributed by atoms with Crippen molar-refractivity contribution in [3.63, 3.8) is 0 Å². The van der Waals surface area contributed by atoms with Crippen molar-refractivity contribution in [2.24, 2.45) is 5.92 Å². The Hall–Kier alpha value is -0.990. The first-order valence-electron chi connectivity index (χ1n) is 5.34. The maximum Gasteiger partial charge on any atom is 0.416 e. The molecule has 0 aliphatic carbocycles. The summed E-state index contributed by atoms with van der Waals surface area (Å²) < 4.78 is 38.5. The lowest BCUT2D eigenvalue weighted by molar-refractivity contribution is -0.138. The van der Waals surface area contributed by atoms with Crippen molar-refractivity contribution in [2.75, 3.05) is 0 Å². The predicted molar refractivity (Wildman–Crippen MR) is 59.3 cm³/mol. The molecule has 0 atom stereocenters. The number of hydrogen-bond donors (Lipinski definition) is 0. The van der Waals surface area contributed by atoms with Crippen molar-refractivity contribution < 1.29 is 13.2 Å². The normalized spacial score (nSPS) is 13.2. The predicted octanol–water partition coefficient (Wildman–Crippen LogP) is 4.64. The third-order valence-corrected chi connectivity index (χ3v) is 3.37. The zero-order valence-electron chi connectivity index (χ0n) is 10.0. The summed E-state index contributed by atoms with van der Waals surface area (Å²) in [4.78, 5) is 0. The van der Waals surface area contributed by atoms with Gasteiger partial charge in [0, 0.05) is 0 Å². The van der Waals surface area contributed by atoms with E-state index in [-0.39, 0.29) is 5.92 Å². The zero-order valence-corrected chi connectivity index (χ0v) is 10.0. The van der Waals surface area contributed by atoms with Crippen LogP contribution in [0.3, 0.4) is 0 Å². The summed E-state index contributed by atoms with van der Waals surface area (Å²) in [6.07, 6.45) is -4.28. The van der Waals surface area contributed by atoms with Crippen molar-refractivity contribution in [3.05, 3.63) is 35.4 Å². The van der Waals surface area contributed by atoms with Gasteiger partial charge in [-0.25, -0.2) is 0 Å². The topological polar surface area (TPSA) is 0 Å². The number of benzene rings is 1. The fourth-order valence-electron chi connectivity index (χ4n) is 1.60. The Labute approximate surface area is 94.5 Å². The monoisotopic (exact) mass is 230 g/mol. The molecular weight excluding hydrogens is 213 g/mol. The van der Waals surface area contributed by atoms with Crippen molar-refractivity contribution in [2.45, 2.75) is 39.3 Å². The van der Waals surface area contributed by atoms with Crippen molar-refractivity contribution in [1.29, 1.82) is 0 Å². The molecule has 90 valence electrons. The minimum absolute atomic E-state index is 0.149. The average molecular weight is 230 g/mol. The lowest BCUT2D eigenvalue weighted by Gasteiger charge is -2.32. The smallest absolute Gasteiger partial charge is 0.166 e. The fraction of sp³-hybridized carbons (Fsp3) is 0.538. The molecule has 0 radical (unpaired) electrons. The highest BCUT2D eigenvalue weighted by atomic mass is 19.4. The zero-order chi connectivity index (χ0) is 12.6. The summed E-state index contributed by atoms with van der Waals surface area (Å²) in [6.45, 7) is 7.57. The van der Waals surface area contributed by atoms with Gasteiger partial charge in [0.1, 0.15) is 0 Å². The minimum Gasteiger partial charge on any atom is -0.166 e. The molecule has 0 unspecified atom stereocenters. The molecule has 0 aromatic heterocycles. The summed E-state index contributed by atoms with van der Waals surface area (Å²) in [5, 5.41) is 0. The van der Waals surface area contributed by atoms with Crippen LogP contribution in [0, 0.1) is 5.92 Å². The van der Waals surface area contributed by atoms with Gasteiger partial charge in [-0.2, -0.15) is 13.2 Å². The molecule has 0 bridgehead atoms. The first-order chi connectivity index (χ1) is 7.17. The van der Waals surface area contributed by atoms with E-state index < -0.39 is 17.2 Å². The largest absolute Gasteiger partial charge is 0.416 e.